The van der Waals surface area contributed by atoms with Gasteiger partial charge in [-0.25, -0.2) is 0 Å². The van der Waals surface area contributed by atoms with Crippen LogP contribution in [0, 0.1) is 0 Å². The van der Waals surface area contributed by atoms with Gasteiger partial charge in [0, 0.05) is 6.54 Å². The van der Waals surface area contributed by atoms with Crippen LogP contribution in [-0.2, 0) is 24.2 Å². The minimum Gasteiger partial charge on any atom is -0.493 e. The van der Waals surface area contributed by atoms with Crippen LogP contribution in [0.1, 0.15) is 23.1 Å². The molecule has 2 aromatic rings. The van der Waals surface area contributed by atoms with Crippen LogP contribution >= 0.6 is 0 Å². The Morgan fingerprint density at radius 2 is 1.79 bits per heavy atom. The first-order valence-corrected chi connectivity index (χ1v) is 8.18. The van der Waals surface area contributed by atoms with Crippen LogP contribution in [0.25, 0.3) is 0 Å². The van der Waals surface area contributed by atoms with Crippen molar-refractivity contribution >= 4 is 5.91 Å². The molecule has 0 spiro atoms. The van der Waals surface area contributed by atoms with E-state index in [-0.39, 0.29) is 12.7 Å². The number of ether oxygens (including phenoxy) is 3. The molecule has 2 aliphatic heterocycles. The normalized spacial score (nSPS) is 14.7. The number of amides is 1. The first-order chi connectivity index (χ1) is 11.8. The number of carbonyl (C=O) groups excluding carboxylic acids is 1. The molecule has 0 aliphatic carbocycles. The number of hydrogen-bond donors (Lipinski definition) is 1. The van der Waals surface area contributed by atoms with E-state index in [1.54, 1.807) is 0 Å². The molecule has 5 heteroatoms. The average molecular weight is 325 g/mol. The second kappa shape index (κ2) is 6.43. The number of rotatable bonds is 4. The highest BCUT2D eigenvalue weighted by Gasteiger charge is 2.14. The van der Waals surface area contributed by atoms with Gasteiger partial charge in [0.1, 0.15) is 5.75 Å². The van der Waals surface area contributed by atoms with E-state index in [0.29, 0.717) is 13.0 Å². The van der Waals surface area contributed by atoms with Crippen LogP contribution in [0.3, 0.4) is 0 Å². The van der Waals surface area contributed by atoms with Gasteiger partial charge in [-0.3, -0.25) is 4.79 Å². The highest BCUT2D eigenvalue weighted by molar-refractivity contribution is 5.78. The molecular formula is C19H19NO4. The lowest BCUT2D eigenvalue weighted by Gasteiger charge is -2.17. The van der Waals surface area contributed by atoms with Gasteiger partial charge in [0.15, 0.2) is 11.5 Å². The number of benzene rings is 2. The molecule has 0 atom stereocenters. The first kappa shape index (κ1) is 14.9. The topological polar surface area (TPSA) is 56.8 Å². The third kappa shape index (κ3) is 3.15. The van der Waals surface area contributed by atoms with Crippen LogP contribution < -0.4 is 19.5 Å². The third-order valence-corrected chi connectivity index (χ3v) is 4.26. The summed E-state index contributed by atoms with van der Waals surface area (Å²) in [5.74, 6) is 2.44. The molecule has 2 aromatic carbocycles. The van der Waals surface area contributed by atoms with Crippen molar-refractivity contribution in [2.45, 2.75) is 25.8 Å². The van der Waals surface area contributed by atoms with Crippen molar-refractivity contribution in [3.63, 3.8) is 0 Å². The zero-order chi connectivity index (χ0) is 16.4. The third-order valence-electron chi connectivity index (χ3n) is 4.26. The number of nitrogens with one attached hydrogen (secondary N) is 1. The van der Waals surface area contributed by atoms with Crippen LogP contribution in [0.15, 0.2) is 36.4 Å². The molecule has 0 unspecified atom stereocenters. The predicted octanol–water partition coefficient (Wildman–Crippen LogP) is 2.60. The lowest BCUT2D eigenvalue weighted by molar-refractivity contribution is -0.120. The Kier molecular flexibility index (Phi) is 3.99. The minimum atomic E-state index is 0.00402. The highest BCUT2D eigenvalue weighted by Crippen LogP contribution is 2.32. The van der Waals surface area contributed by atoms with E-state index in [1.807, 2.05) is 30.3 Å². The van der Waals surface area contributed by atoms with Crippen molar-refractivity contribution in [1.29, 1.82) is 0 Å². The predicted molar refractivity (Wildman–Crippen MR) is 88.4 cm³/mol. The Balaban J connectivity index is 1.35. The lowest BCUT2D eigenvalue weighted by atomic mass is 10.0. The zero-order valence-corrected chi connectivity index (χ0v) is 13.3. The largest absolute Gasteiger partial charge is 0.493 e. The molecule has 5 nitrogen and oxygen atoms in total. The van der Waals surface area contributed by atoms with E-state index in [2.05, 4.69) is 11.4 Å². The summed E-state index contributed by atoms with van der Waals surface area (Å²) in [6.45, 7) is 1.51. The van der Waals surface area contributed by atoms with Gasteiger partial charge >= 0.3 is 0 Å². The number of aryl methyl sites for hydroxylation is 1. The van der Waals surface area contributed by atoms with Gasteiger partial charge in [0.2, 0.25) is 12.7 Å². The van der Waals surface area contributed by atoms with Gasteiger partial charge in [0.05, 0.1) is 13.0 Å². The maximum Gasteiger partial charge on any atom is 0.231 e. The molecule has 4 rings (SSSR count). The SMILES string of the molecule is O=C(Cc1ccc2c(c1)CCCO2)NCc1ccc2c(c1)OCO2. The molecule has 2 heterocycles. The van der Waals surface area contributed by atoms with Crippen molar-refractivity contribution in [1.82, 2.24) is 5.32 Å². The highest BCUT2D eigenvalue weighted by atomic mass is 16.7. The van der Waals surface area contributed by atoms with Crippen LogP contribution in [0.5, 0.6) is 17.2 Å². The Morgan fingerprint density at radius 3 is 2.75 bits per heavy atom. The van der Waals surface area contributed by atoms with Crippen LogP contribution in [0.2, 0.25) is 0 Å². The molecule has 0 radical (unpaired) electrons. The maximum atomic E-state index is 12.2. The molecule has 1 N–H and O–H groups in total. The Labute approximate surface area is 140 Å². The first-order valence-electron chi connectivity index (χ1n) is 8.18. The van der Waals surface area contributed by atoms with Gasteiger partial charge in [-0.05, 0) is 47.7 Å². The van der Waals surface area contributed by atoms with Crippen molar-refractivity contribution in [3.05, 3.63) is 53.1 Å². The fraction of sp³-hybridized carbons (Fsp3) is 0.316. The average Bonchev–Trinajstić information content (AvgIpc) is 3.07. The van der Waals surface area contributed by atoms with E-state index < -0.39 is 0 Å². The number of hydrogen-bond acceptors (Lipinski definition) is 4. The quantitative estimate of drug-likeness (QED) is 0.939. The van der Waals surface area contributed by atoms with Gasteiger partial charge in [-0.15, -0.1) is 0 Å². The molecule has 2 aliphatic rings. The van der Waals surface area contributed by atoms with E-state index in [4.69, 9.17) is 14.2 Å². The number of carbonyl (C=O) groups is 1. The van der Waals surface area contributed by atoms with Crippen LogP contribution in [0.4, 0.5) is 0 Å². The second-order valence-corrected chi connectivity index (χ2v) is 6.04. The summed E-state index contributed by atoms with van der Waals surface area (Å²) in [7, 11) is 0. The zero-order valence-electron chi connectivity index (χ0n) is 13.3. The molecule has 24 heavy (non-hydrogen) atoms. The van der Waals surface area contributed by atoms with Crippen molar-refractivity contribution in [2.75, 3.05) is 13.4 Å². The fourth-order valence-electron chi connectivity index (χ4n) is 3.02. The number of fused-ring (bicyclic) bond motifs is 2. The van der Waals surface area contributed by atoms with Gasteiger partial charge in [-0.1, -0.05) is 18.2 Å². The molecule has 0 aromatic heterocycles. The maximum absolute atomic E-state index is 12.2. The molecule has 0 saturated heterocycles. The Bertz CT molecular complexity index is 772. The van der Waals surface area contributed by atoms with E-state index >= 15 is 0 Å². The van der Waals surface area contributed by atoms with Gasteiger partial charge < -0.3 is 19.5 Å². The summed E-state index contributed by atoms with van der Waals surface area (Å²) in [6.07, 6.45) is 2.42. The minimum absolute atomic E-state index is 0.00402. The fourth-order valence-corrected chi connectivity index (χ4v) is 3.02. The molecule has 0 fully saturated rings. The van der Waals surface area contributed by atoms with Gasteiger partial charge in [0.25, 0.3) is 0 Å². The second-order valence-electron chi connectivity index (χ2n) is 6.04. The summed E-state index contributed by atoms with van der Waals surface area (Å²) in [5.41, 5.74) is 3.20. The molecule has 0 saturated carbocycles. The summed E-state index contributed by atoms with van der Waals surface area (Å²) in [5, 5.41) is 2.95. The summed E-state index contributed by atoms with van der Waals surface area (Å²) in [6, 6.07) is 11.7. The van der Waals surface area contributed by atoms with E-state index in [1.165, 1.54) is 5.56 Å². The summed E-state index contributed by atoms with van der Waals surface area (Å²) >= 11 is 0. The molecule has 124 valence electrons. The van der Waals surface area contributed by atoms with Crippen molar-refractivity contribution < 1.29 is 19.0 Å². The Morgan fingerprint density at radius 1 is 0.958 bits per heavy atom. The molecular weight excluding hydrogens is 306 g/mol. The lowest BCUT2D eigenvalue weighted by Crippen LogP contribution is -2.24. The molecule has 1 amide bonds. The molecule has 0 bridgehead atoms. The Hall–Kier alpha value is -2.69. The smallest absolute Gasteiger partial charge is 0.231 e. The standard InChI is InChI=1S/C19H19NO4/c21-19(10-13-3-5-16-15(8-13)2-1-7-22-16)20-11-14-4-6-17-18(9-14)24-12-23-17/h3-6,8-9H,1-2,7,10-12H2,(H,20,21). The monoisotopic (exact) mass is 325 g/mol. The van der Waals surface area contributed by atoms with Crippen LogP contribution in [-0.4, -0.2) is 19.3 Å². The van der Waals surface area contributed by atoms with E-state index in [9.17, 15) is 4.79 Å². The van der Waals surface area contributed by atoms with E-state index in [0.717, 1.165) is 47.8 Å². The summed E-state index contributed by atoms with van der Waals surface area (Å²) < 4.78 is 16.2. The van der Waals surface area contributed by atoms with Crippen molar-refractivity contribution in [3.8, 4) is 17.2 Å². The van der Waals surface area contributed by atoms with Gasteiger partial charge in [-0.2, -0.15) is 0 Å². The van der Waals surface area contributed by atoms with Crippen molar-refractivity contribution in [2.24, 2.45) is 0 Å². The summed E-state index contributed by atoms with van der Waals surface area (Å²) in [4.78, 5) is 12.2.